The van der Waals surface area contributed by atoms with E-state index in [4.69, 9.17) is 5.11 Å². The Morgan fingerprint density at radius 2 is 1.96 bits per heavy atom. The summed E-state index contributed by atoms with van der Waals surface area (Å²) >= 11 is 1.11. The zero-order valence-corrected chi connectivity index (χ0v) is 14.8. The topological polar surface area (TPSA) is 122 Å². The molecule has 0 atom stereocenters. The Morgan fingerprint density at radius 1 is 1.26 bits per heavy atom. The number of carbonyl (C=O) groups is 2. The van der Waals surface area contributed by atoms with Crippen molar-refractivity contribution in [3.05, 3.63) is 74.2 Å². The molecule has 27 heavy (non-hydrogen) atoms. The highest BCUT2D eigenvalue weighted by atomic mass is 32.2. The smallest absolute Gasteiger partial charge is 0.335 e. The molecule has 9 heteroatoms. The number of hydrogen-bond acceptors (Lipinski definition) is 6. The second-order valence-corrected chi connectivity index (χ2v) is 6.67. The number of benzene rings is 2. The standard InChI is InChI=1S/C18H13N3O5S/c1-10-2-5-12(17(23)24)9-14(10)19-18-20-16(22)15(27-18)8-11-3-6-13(7-4-11)21(25)26/h2-9H,1H3,(H,23,24)(H,19,20,22). The SMILES string of the molecule is Cc1ccc(C(=O)O)cc1N=C1NC(=O)C(=Cc2ccc([N+](=O)[O-])cc2)S1. The number of thioether (sulfide) groups is 1. The van der Waals surface area contributed by atoms with E-state index in [2.05, 4.69) is 10.3 Å². The van der Waals surface area contributed by atoms with E-state index in [0.717, 1.165) is 17.3 Å². The number of non-ortho nitro benzene ring substituents is 1. The fraction of sp³-hybridized carbons (Fsp3) is 0.0556. The van der Waals surface area contributed by atoms with Gasteiger partial charge in [0.25, 0.3) is 11.6 Å². The first-order valence-electron chi connectivity index (χ1n) is 7.71. The highest BCUT2D eigenvalue weighted by Crippen LogP contribution is 2.29. The van der Waals surface area contributed by atoms with E-state index in [1.807, 2.05) is 0 Å². The van der Waals surface area contributed by atoms with Crippen LogP contribution in [-0.4, -0.2) is 27.1 Å². The maximum absolute atomic E-state index is 12.1. The third-order valence-corrected chi connectivity index (χ3v) is 4.64. The van der Waals surface area contributed by atoms with E-state index in [1.165, 1.54) is 24.3 Å². The van der Waals surface area contributed by atoms with Gasteiger partial charge in [0.05, 0.1) is 21.1 Å². The second kappa shape index (κ2) is 7.42. The number of carboxylic acid groups (broad SMARTS) is 1. The molecule has 136 valence electrons. The molecule has 1 saturated heterocycles. The third kappa shape index (κ3) is 4.21. The van der Waals surface area contributed by atoms with Gasteiger partial charge in [-0.2, -0.15) is 0 Å². The zero-order valence-electron chi connectivity index (χ0n) is 14.0. The highest BCUT2D eigenvalue weighted by Gasteiger charge is 2.24. The van der Waals surface area contributed by atoms with Gasteiger partial charge in [-0.3, -0.25) is 14.9 Å². The second-order valence-electron chi connectivity index (χ2n) is 5.64. The largest absolute Gasteiger partial charge is 0.478 e. The Balaban J connectivity index is 1.85. The number of carboxylic acids is 1. The fourth-order valence-electron chi connectivity index (χ4n) is 2.30. The van der Waals surface area contributed by atoms with Crippen LogP contribution in [0.15, 0.2) is 52.4 Å². The number of amides is 1. The van der Waals surface area contributed by atoms with Crippen LogP contribution in [0.25, 0.3) is 6.08 Å². The Hall–Kier alpha value is -3.46. The summed E-state index contributed by atoms with van der Waals surface area (Å²) in [5, 5.41) is 22.7. The molecule has 1 heterocycles. The molecule has 0 saturated carbocycles. The number of nitro benzene ring substituents is 1. The van der Waals surface area contributed by atoms with Crippen LogP contribution in [0.3, 0.4) is 0 Å². The molecule has 2 aromatic carbocycles. The van der Waals surface area contributed by atoms with E-state index in [1.54, 1.807) is 31.2 Å². The van der Waals surface area contributed by atoms with Crippen LogP contribution in [0.1, 0.15) is 21.5 Å². The summed E-state index contributed by atoms with van der Waals surface area (Å²) in [6.07, 6.45) is 1.60. The fourth-order valence-corrected chi connectivity index (χ4v) is 3.13. The number of rotatable bonds is 4. The predicted molar refractivity (Wildman–Crippen MR) is 102 cm³/mol. The average Bonchev–Trinajstić information content (AvgIpc) is 2.96. The predicted octanol–water partition coefficient (Wildman–Crippen LogP) is 3.49. The van der Waals surface area contributed by atoms with Crippen LogP contribution < -0.4 is 5.32 Å². The van der Waals surface area contributed by atoms with Crippen molar-refractivity contribution in [2.75, 3.05) is 0 Å². The lowest BCUT2D eigenvalue weighted by atomic mass is 10.1. The monoisotopic (exact) mass is 383 g/mol. The van der Waals surface area contributed by atoms with Crippen LogP contribution >= 0.6 is 11.8 Å². The number of aliphatic imine (C=N–C) groups is 1. The molecule has 3 rings (SSSR count). The molecule has 2 aromatic rings. The van der Waals surface area contributed by atoms with Crippen LogP contribution in [0.5, 0.6) is 0 Å². The number of nitrogens with zero attached hydrogens (tertiary/aromatic N) is 2. The summed E-state index contributed by atoms with van der Waals surface area (Å²) in [6, 6.07) is 10.4. The quantitative estimate of drug-likeness (QED) is 0.473. The highest BCUT2D eigenvalue weighted by molar-refractivity contribution is 8.18. The van der Waals surface area contributed by atoms with Crippen molar-refractivity contribution in [1.29, 1.82) is 0 Å². The lowest BCUT2D eigenvalue weighted by Gasteiger charge is -2.03. The van der Waals surface area contributed by atoms with E-state index < -0.39 is 10.9 Å². The minimum Gasteiger partial charge on any atom is -0.478 e. The van der Waals surface area contributed by atoms with E-state index in [0.29, 0.717) is 21.3 Å². The van der Waals surface area contributed by atoms with Crippen molar-refractivity contribution >= 4 is 46.3 Å². The first kappa shape index (κ1) is 18.3. The van der Waals surface area contributed by atoms with Gasteiger partial charge in [-0.1, -0.05) is 6.07 Å². The Labute approximate surface area is 157 Å². The molecule has 1 aliphatic rings. The maximum atomic E-state index is 12.1. The molecule has 1 fully saturated rings. The summed E-state index contributed by atoms with van der Waals surface area (Å²) in [7, 11) is 0. The minimum atomic E-state index is -1.06. The molecule has 0 bridgehead atoms. The van der Waals surface area contributed by atoms with Crippen molar-refractivity contribution in [2.24, 2.45) is 4.99 Å². The van der Waals surface area contributed by atoms with Crippen molar-refractivity contribution in [3.63, 3.8) is 0 Å². The molecule has 1 amide bonds. The Morgan fingerprint density at radius 3 is 2.59 bits per heavy atom. The number of nitrogens with one attached hydrogen (secondary N) is 1. The molecule has 0 unspecified atom stereocenters. The van der Waals surface area contributed by atoms with Crippen molar-refractivity contribution < 1.29 is 19.6 Å². The molecule has 0 aromatic heterocycles. The minimum absolute atomic E-state index is 0.0308. The normalized spacial score (nSPS) is 16.6. The Kier molecular flexibility index (Phi) is 5.04. The number of nitro groups is 1. The summed E-state index contributed by atoms with van der Waals surface area (Å²) in [4.78, 5) is 38.1. The van der Waals surface area contributed by atoms with Gasteiger partial charge in [-0.05, 0) is 60.2 Å². The molecular formula is C18H13N3O5S. The van der Waals surface area contributed by atoms with E-state index >= 15 is 0 Å². The van der Waals surface area contributed by atoms with Gasteiger partial charge in [0, 0.05) is 12.1 Å². The maximum Gasteiger partial charge on any atom is 0.335 e. The Bertz CT molecular complexity index is 1010. The van der Waals surface area contributed by atoms with Crippen LogP contribution in [0.4, 0.5) is 11.4 Å². The summed E-state index contributed by atoms with van der Waals surface area (Å²) in [5.41, 5.74) is 1.95. The van der Waals surface area contributed by atoms with E-state index in [9.17, 15) is 19.7 Å². The van der Waals surface area contributed by atoms with Crippen molar-refractivity contribution in [3.8, 4) is 0 Å². The molecule has 8 nitrogen and oxygen atoms in total. The first-order chi connectivity index (χ1) is 12.8. The number of hydrogen-bond donors (Lipinski definition) is 2. The van der Waals surface area contributed by atoms with Gasteiger partial charge in [0.15, 0.2) is 5.17 Å². The zero-order chi connectivity index (χ0) is 19.6. The lowest BCUT2D eigenvalue weighted by Crippen LogP contribution is -2.19. The third-order valence-electron chi connectivity index (χ3n) is 3.73. The number of aryl methyl sites for hydroxylation is 1. The van der Waals surface area contributed by atoms with Crippen LogP contribution in [-0.2, 0) is 4.79 Å². The molecule has 2 N–H and O–H groups in total. The molecule has 0 aliphatic carbocycles. The van der Waals surface area contributed by atoms with Crippen LogP contribution in [0.2, 0.25) is 0 Å². The van der Waals surface area contributed by atoms with E-state index in [-0.39, 0.29) is 17.2 Å². The average molecular weight is 383 g/mol. The number of carbonyl (C=O) groups excluding carboxylic acids is 1. The summed E-state index contributed by atoms with van der Waals surface area (Å²) in [5.74, 6) is -1.40. The lowest BCUT2D eigenvalue weighted by molar-refractivity contribution is -0.384. The van der Waals surface area contributed by atoms with Crippen molar-refractivity contribution in [1.82, 2.24) is 5.32 Å². The molecule has 0 spiro atoms. The molecule has 0 radical (unpaired) electrons. The van der Waals surface area contributed by atoms with Crippen LogP contribution in [0, 0.1) is 17.0 Å². The van der Waals surface area contributed by atoms with Crippen molar-refractivity contribution in [2.45, 2.75) is 6.92 Å². The van der Waals surface area contributed by atoms with Gasteiger partial charge in [-0.15, -0.1) is 0 Å². The molecule has 1 aliphatic heterocycles. The molecular weight excluding hydrogens is 370 g/mol. The van der Waals surface area contributed by atoms with Gasteiger partial charge in [0.2, 0.25) is 0 Å². The van der Waals surface area contributed by atoms with Gasteiger partial charge < -0.3 is 10.4 Å². The number of aromatic carboxylic acids is 1. The van der Waals surface area contributed by atoms with Gasteiger partial charge >= 0.3 is 5.97 Å². The first-order valence-corrected chi connectivity index (χ1v) is 8.53. The summed E-state index contributed by atoms with van der Waals surface area (Å²) < 4.78 is 0. The summed E-state index contributed by atoms with van der Waals surface area (Å²) in [6.45, 7) is 1.79. The van der Waals surface area contributed by atoms with Gasteiger partial charge in [0.1, 0.15) is 0 Å². The number of amidine groups is 1. The van der Waals surface area contributed by atoms with Gasteiger partial charge in [-0.25, -0.2) is 9.79 Å².